The number of hydrogen-bond acceptors (Lipinski definition) is 2. The van der Waals surface area contributed by atoms with E-state index in [0.29, 0.717) is 12.1 Å². The normalized spacial score (nSPS) is 26.0. The summed E-state index contributed by atoms with van der Waals surface area (Å²) < 4.78 is 0. The molecular formula is C16H25NO. The summed E-state index contributed by atoms with van der Waals surface area (Å²) >= 11 is 0. The van der Waals surface area contributed by atoms with Crippen molar-refractivity contribution in [1.82, 2.24) is 5.32 Å². The van der Waals surface area contributed by atoms with Crippen molar-refractivity contribution < 1.29 is 5.11 Å². The van der Waals surface area contributed by atoms with Crippen molar-refractivity contribution in [3.63, 3.8) is 0 Å². The van der Waals surface area contributed by atoms with Crippen LogP contribution in [0.3, 0.4) is 0 Å². The Morgan fingerprint density at radius 3 is 2.17 bits per heavy atom. The Morgan fingerprint density at radius 1 is 1.06 bits per heavy atom. The standard InChI is InChI=1S/C16H25NO/c1-11-8-12(2)10-14(9-11)13(3)17-15-4-6-16(18)7-5-15/h8-10,13,15-18H,4-7H2,1-3H3. The zero-order valence-corrected chi connectivity index (χ0v) is 11.7. The SMILES string of the molecule is Cc1cc(C)cc(C(C)NC2CCC(O)CC2)c1. The first-order chi connectivity index (χ1) is 8.54. The fraction of sp³-hybridized carbons (Fsp3) is 0.625. The zero-order valence-electron chi connectivity index (χ0n) is 11.7. The molecule has 2 N–H and O–H groups in total. The number of hydrogen-bond donors (Lipinski definition) is 2. The quantitative estimate of drug-likeness (QED) is 0.859. The Balaban J connectivity index is 1.96. The summed E-state index contributed by atoms with van der Waals surface area (Å²) in [5.74, 6) is 0. The zero-order chi connectivity index (χ0) is 13.1. The first kappa shape index (κ1) is 13.6. The van der Waals surface area contributed by atoms with Crippen LogP contribution in [0.5, 0.6) is 0 Å². The predicted octanol–water partition coefficient (Wildman–Crippen LogP) is 3.26. The molecule has 1 aromatic carbocycles. The summed E-state index contributed by atoms with van der Waals surface area (Å²) in [5, 5.41) is 13.2. The lowest BCUT2D eigenvalue weighted by molar-refractivity contribution is 0.114. The highest BCUT2D eigenvalue weighted by atomic mass is 16.3. The van der Waals surface area contributed by atoms with Gasteiger partial charge in [0, 0.05) is 12.1 Å². The van der Waals surface area contributed by atoms with E-state index in [1.165, 1.54) is 16.7 Å². The molecule has 0 heterocycles. The van der Waals surface area contributed by atoms with Crippen LogP contribution in [0.15, 0.2) is 18.2 Å². The number of rotatable bonds is 3. The second kappa shape index (κ2) is 5.85. The van der Waals surface area contributed by atoms with Crippen molar-refractivity contribution in [2.75, 3.05) is 0 Å². The lowest BCUT2D eigenvalue weighted by Gasteiger charge is -2.29. The molecule has 1 atom stereocenters. The van der Waals surface area contributed by atoms with Crippen LogP contribution in [0.4, 0.5) is 0 Å². The smallest absolute Gasteiger partial charge is 0.0541 e. The van der Waals surface area contributed by atoms with E-state index >= 15 is 0 Å². The Bertz CT molecular complexity index is 374. The number of aryl methyl sites for hydroxylation is 2. The number of aliphatic hydroxyl groups excluding tert-OH is 1. The van der Waals surface area contributed by atoms with Gasteiger partial charge in [0.25, 0.3) is 0 Å². The maximum atomic E-state index is 9.52. The molecule has 0 aliphatic heterocycles. The van der Waals surface area contributed by atoms with Crippen molar-refractivity contribution in [2.24, 2.45) is 0 Å². The minimum Gasteiger partial charge on any atom is -0.393 e. The third-order valence-corrected chi connectivity index (χ3v) is 3.93. The number of benzene rings is 1. The minimum absolute atomic E-state index is 0.0698. The molecule has 2 rings (SSSR count). The Morgan fingerprint density at radius 2 is 1.61 bits per heavy atom. The molecule has 0 radical (unpaired) electrons. The molecule has 2 nitrogen and oxygen atoms in total. The summed E-state index contributed by atoms with van der Waals surface area (Å²) in [7, 11) is 0. The second-order valence-electron chi connectivity index (χ2n) is 5.81. The molecule has 100 valence electrons. The summed E-state index contributed by atoms with van der Waals surface area (Å²) in [6, 6.07) is 7.70. The van der Waals surface area contributed by atoms with E-state index in [2.05, 4.69) is 44.3 Å². The van der Waals surface area contributed by atoms with Gasteiger partial charge in [-0.2, -0.15) is 0 Å². The van der Waals surface area contributed by atoms with Crippen molar-refractivity contribution in [3.8, 4) is 0 Å². The van der Waals surface area contributed by atoms with Gasteiger partial charge in [-0.1, -0.05) is 29.3 Å². The fourth-order valence-corrected chi connectivity index (χ4v) is 2.95. The second-order valence-corrected chi connectivity index (χ2v) is 5.81. The molecule has 1 fully saturated rings. The predicted molar refractivity (Wildman–Crippen MR) is 75.7 cm³/mol. The van der Waals surface area contributed by atoms with E-state index in [-0.39, 0.29) is 6.10 Å². The fourth-order valence-electron chi connectivity index (χ4n) is 2.95. The average Bonchev–Trinajstić information content (AvgIpc) is 2.31. The summed E-state index contributed by atoms with van der Waals surface area (Å²) in [4.78, 5) is 0. The third kappa shape index (κ3) is 3.56. The van der Waals surface area contributed by atoms with Crippen LogP contribution in [0.2, 0.25) is 0 Å². The van der Waals surface area contributed by atoms with E-state index in [1.807, 2.05) is 0 Å². The highest BCUT2D eigenvalue weighted by Crippen LogP contribution is 2.23. The van der Waals surface area contributed by atoms with E-state index < -0.39 is 0 Å². The lowest BCUT2D eigenvalue weighted by atomic mass is 9.92. The summed E-state index contributed by atoms with van der Waals surface area (Å²) in [5.41, 5.74) is 4.04. The van der Waals surface area contributed by atoms with Gasteiger partial charge in [0.05, 0.1) is 6.10 Å². The van der Waals surface area contributed by atoms with Gasteiger partial charge in [-0.05, 0) is 52.0 Å². The molecular weight excluding hydrogens is 222 g/mol. The van der Waals surface area contributed by atoms with Gasteiger partial charge in [-0.25, -0.2) is 0 Å². The summed E-state index contributed by atoms with van der Waals surface area (Å²) in [6.07, 6.45) is 4.00. The first-order valence-corrected chi connectivity index (χ1v) is 7.07. The first-order valence-electron chi connectivity index (χ1n) is 7.07. The third-order valence-electron chi connectivity index (χ3n) is 3.93. The van der Waals surface area contributed by atoms with Crippen molar-refractivity contribution >= 4 is 0 Å². The highest BCUT2D eigenvalue weighted by molar-refractivity contribution is 5.30. The molecule has 1 unspecified atom stereocenters. The molecule has 0 saturated heterocycles. The maximum absolute atomic E-state index is 9.52. The van der Waals surface area contributed by atoms with Crippen LogP contribution in [0.1, 0.15) is 55.3 Å². The maximum Gasteiger partial charge on any atom is 0.0541 e. The highest BCUT2D eigenvalue weighted by Gasteiger charge is 2.20. The molecule has 0 spiro atoms. The molecule has 18 heavy (non-hydrogen) atoms. The van der Waals surface area contributed by atoms with Crippen LogP contribution in [0.25, 0.3) is 0 Å². The van der Waals surface area contributed by atoms with Crippen LogP contribution in [-0.2, 0) is 0 Å². The Kier molecular flexibility index (Phi) is 4.41. The molecule has 1 saturated carbocycles. The van der Waals surface area contributed by atoms with Gasteiger partial charge in [0.15, 0.2) is 0 Å². The van der Waals surface area contributed by atoms with Gasteiger partial charge in [0.2, 0.25) is 0 Å². The minimum atomic E-state index is -0.0698. The van der Waals surface area contributed by atoms with Gasteiger partial charge in [-0.15, -0.1) is 0 Å². The van der Waals surface area contributed by atoms with Crippen LogP contribution in [-0.4, -0.2) is 17.3 Å². The molecule has 0 amide bonds. The molecule has 1 aliphatic carbocycles. The van der Waals surface area contributed by atoms with Crippen LogP contribution >= 0.6 is 0 Å². The molecule has 0 bridgehead atoms. The van der Waals surface area contributed by atoms with E-state index in [4.69, 9.17) is 0 Å². The Labute approximate surface area is 110 Å². The van der Waals surface area contributed by atoms with Gasteiger partial charge in [0.1, 0.15) is 0 Å². The lowest BCUT2D eigenvalue weighted by Crippen LogP contribution is -2.36. The molecule has 2 heteroatoms. The molecule has 1 aliphatic rings. The van der Waals surface area contributed by atoms with Gasteiger partial charge >= 0.3 is 0 Å². The topological polar surface area (TPSA) is 32.3 Å². The van der Waals surface area contributed by atoms with E-state index in [1.54, 1.807) is 0 Å². The van der Waals surface area contributed by atoms with Crippen LogP contribution in [0, 0.1) is 13.8 Å². The van der Waals surface area contributed by atoms with E-state index in [9.17, 15) is 5.11 Å². The van der Waals surface area contributed by atoms with Crippen molar-refractivity contribution in [1.29, 1.82) is 0 Å². The average molecular weight is 247 g/mol. The molecule has 1 aromatic rings. The largest absolute Gasteiger partial charge is 0.393 e. The van der Waals surface area contributed by atoms with Gasteiger partial charge < -0.3 is 10.4 Å². The number of nitrogens with one attached hydrogen (secondary N) is 1. The van der Waals surface area contributed by atoms with Crippen molar-refractivity contribution in [3.05, 3.63) is 34.9 Å². The van der Waals surface area contributed by atoms with Crippen molar-refractivity contribution in [2.45, 2.75) is 64.6 Å². The van der Waals surface area contributed by atoms with E-state index in [0.717, 1.165) is 25.7 Å². The number of aliphatic hydroxyl groups is 1. The Hall–Kier alpha value is -0.860. The summed E-state index contributed by atoms with van der Waals surface area (Å²) in [6.45, 7) is 6.54. The van der Waals surface area contributed by atoms with Crippen LogP contribution < -0.4 is 5.32 Å². The molecule has 0 aromatic heterocycles. The monoisotopic (exact) mass is 247 g/mol. The van der Waals surface area contributed by atoms with Gasteiger partial charge in [-0.3, -0.25) is 0 Å².